The van der Waals surface area contributed by atoms with Gasteiger partial charge >= 0.3 is 5.97 Å². The lowest BCUT2D eigenvalue weighted by Gasteiger charge is -2.16. The van der Waals surface area contributed by atoms with Crippen molar-refractivity contribution in [3.8, 4) is 0 Å². The maximum absolute atomic E-state index is 12.2. The monoisotopic (exact) mass is 372 g/mol. The number of aliphatic hydroxyl groups excluding tert-OH is 2. The first-order valence-electron chi connectivity index (χ1n) is 9.45. The minimum atomic E-state index is -0.809. The lowest BCUT2D eigenvalue weighted by Crippen LogP contribution is -2.19. The normalized spacial score (nSPS) is 24.1. The average molecular weight is 372 g/mol. The van der Waals surface area contributed by atoms with E-state index < -0.39 is 18.2 Å². The van der Waals surface area contributed by atoms with Gasteiger partial charge in [-0.3, -0.25) is 9.59 Å². The molecule has 146 valence electrons. The van der Waals surface area contributed by atoms with Gasteiger partial charge in [-0.25, -0.2) is 0 Å². The molecule has 1 aliphatic carbocycles. The number of hydrogen-bond donors (Lipinski definition) is 3. The summed E-state index contributed by atoms with van der Waals surface area (Å²) in [4.78, 5) is 22.7. The van der Waals surface area contributed by atoms with E-state index in [9.17, 15) is 19.8 Å². The Hall–Kier alpha value is -2.24. The minimum absolute atomic E-state index is 0.0323. The van der Waals surface area contributed by atoms with Crippen LogP contribution in [0.2, 0.25) is 0 Å². The highest BCUT2D eigenvalue weighted by atomic mass is 16.4. The average Bonchev–Trinajstić information content (AvgIpc) is 2.89. The zero-order valence-corrected chi connectivity index (χ0v) is 15.4. The number of carbonyl (C=O) groups excluding carboxylic acids is 1. The molecule has 1 aromatic rings. The molecule has 0 spiro atoms. The Balaban J connectivity index is 1.87. The van der Waals surface area contributed by atoms with Crippen LogP contribution in [0, 0.1) is 11.8 Å². The highest BCUT2D eigenvalue weighted by Crippen LogP contribution is 2.33. The molecule has 0 radical (unpaired) electrons. The van der Waals surface area contributed by atoms with Crippen molar-refractivity contribution in [1.29, 1.82) is 0 Å². The van der Waals surface area contributed by atoms with Crippen molar-refractivity contribution in [2.24, 2.45) is 11.8 Å². The van der Waals surface area contributed by atoms with Crippen molar-refractivity contribution in [3.63, 3.8) is 0 Å². The molecule has 0 amide bonds. The Labute approximate surface area is 160 Å². The molecule has 0 aromatic heterocycles. The van der Waals surface area contributed by atoms with Crippen LogP contribution in [-0.4, -0.2) is 39.3 Å². The third-order valence-corrected chi connectivity index (χ3v) is 4.89. The van der Waals surface area contributed by atoms with Crippen LogP contribution >= 0.6 is 0 Å². The van der Waals surface area contributed by atoms with Crippen LogP contribution in [0.5, 0.6) is 0 Å². The van der Waals surface area contributed by atoms with Crippen LogP contribution in [0.3, 0.4) is 0 Å². The number of carboxylic acids is 1. The molecule has 1 aliphatic rings. The maximum atomic E-state index is 12.2. The van der Waals surface area contributed by atoms with Gasteiger partial charge in [0.1, 0.15) is 5.78 Å². The number of aliphatic hydroxyl groups is 2. The van der Waals surface area contributed by atoms with Crippen molar-refractivity contribution >= 4 is 11.8 Å². The summed E-state index contributed by atoms with van der Waals surface area (Å²) in [5.74, 6) is -1.37. The summed E-state index contributed by atoms with van der Waals surface area (Å²) in [6, 6.07) is 9.66. The Morgan fingerprint density at radius 3 is 2.67 bits per heavy atom. The first-order valence-corrected chi connectivity index (χ1v) is 9.45. The second-order valence-electron chi connectivity index (χ2n) is 7.06. The van der Waals surface area contributed by atoms with Gasteiger partial charge in [0.15, 0.2) is 0 Å². The molecule has 5 heteroatoms. The predicted octanol–water partition coefficient (Wildman–Crippen LogP) is 2.91. The van der Waals surface area contributed by atoms with Crippen molar-refractivity contribution in [2.45, 2.75) is 50.7 Å². The first-order chi connectivity index (χ1) is 13.0. The highest BCUT2D eigenvalue weighted by Gasteiger charge is 2.39. The van der Waals surface area contributed by atoms with Crippen LogP contribution < -0.4 is 0 Å². The van der Waals surface area contributed by atoms with Crippen LogP contribution in [0.4, 0.5) is 0 Å². The van der Waals surface area contributed by atoms with E-state index in [0.717, 1.165) is 5.56 Å². The second-order valence-corrected chi connectivity index (χ2v) is 7.06. The number of hydrogen-bond acceptors (Lipinski definition) is 4. The van der Waals surface area contributed by atoms with E-state index in [1.165, 1.54) is 0 Å². The second kappa shape index (κ2) is 10.8. The van der Waals surface area contributed by atoms with Gasteiger partial charge < -0.3 is 15.3 Å². The van der Waals surface area contributed by atoms with Gasteiger partial charge in [-0.2, -0.15) is 0 Å². The van der Waals surface area contributed by atoms with E-state index in [0.29, 0.717) is 25.7 Å². The summed E-state index contributed by atoms with van der Waals surface area (Å²) in [6.07, 6.45) is 8.36. The maximum Gasteiger partial charge on any atom is 0.303 e. The molecule has 0 bridgehead atoms. The Bertz CT molecular complexity index is 665. The quantitative estimate of drug-likeness (QED) is 0.434. The summed E-state index contributed by atoms with van der Waals surface area (Å²) >= 11 is 0. The van der Waals surface area contributed by atoms with E-state index in [4.69, 9.17) is 5.11 Å². The fourth-order valence-electron chi connectivity index (χ4n) is 3.44. The van der Waals surface area contributed by atoms with Crippen molar-refractivity contribution < 1.29 is 24.9 Å². The molecule has 1 aromatic carbocycles. The molecule has 0 unspecified atom stereocenters. The Morgan fingerprint density at radius 1 is 1.22 bits per heavy atom. The molecule has 2 rings (SSSR count). The van der Waals surface area contributed by atoms with E-state index in [1.807, 2.05) is 42.5 Å². The molecule has 1 fully saturated rings. The summed E-state index contributed by atoms with van der Waals surface area (Å²) in [7, 11) is 0. The van der Waals surface area contributed by atoms with Gasteiger partial charge in [0.25, 0.3) is 0 Å². The number of carboxylic acid groups (broad SMARTS) is 1. The molecular formula is C22H28O5. The number of ketones is 1. The number of rotatable bonds is 10. The fourth-order valence-corrected chi connectivity index (χ4v) is 3.44. The van der Waals surface area contributed by atoms with E-state index in [1.54, 1.807) is 12.2 Å². The van der Waals surface area contributed by atoms with Gasteiger partial charge in [-0.1, -0.05) is 54.6 Å². The number of carbonyl (C=O) groups is 2. The van der Waals surface area contributed by atoms with Crippen molar-refractivity contribution in [3.05, 3.63) is 60.2 Å². The smallest absolute Gasteiger partial charge is 0.303 e. The predicted molar refractivity (Wildman–Crippen MR) is 103 cm³/mol. The van der Waals surface area contributed by atoms with E-state index >= 15 is 0 Å². The minimum Gasteiger partial charge on any atom is -0.481 e. The lowest BCUT2D eigenvalue weighted by atomic mass is 9.90. The van der Waals surface area contributed by atoms with Gasteiger partial charge in [0.05, 0.1) is 12.2 Å². The summed E-state index contributed by atoms with van der Waals surface area (Å²) in [6.45, 7) is 0. The highest BCUT2D eigenvalue weighted by molar-refractivity contribution is 5.84. The molecular weight excluding hydrogens is 344 g/mol. The number of unbranched alkanes of at least 4 members (excludes halogenated alkanes) is 1. The number of Topliss-reactive ketones (excluding diaryl/α,β-unsaturated/α-hetero) is 1. The molecule has 0 aliphatic heterocycles. The number of benzene rings is 1. The van der Waals surface area contributed by atoms with Crippen LogP contribution in [0.25, 0.3) is 0 Å². The van der Waals surface area contributed by atoms with Crippen molar-refractivity contribution in [1.82, 2.24) is 0 Å². The third-order valence-electron chi connectivity index (χ3n) is 4.89. The van der Waals surface area contributed by atoms with E-state index in [2.05, 4.69) is 0 Å². The molecule has 27 heavy (non-hydrogen) atoms. The van der Waals surface area contributed by atoms with Gasteiger partial charge in [0, 0.05) is 31.1 Å². The standard InChI is InChI=1S/C22H28O5/c23-17(14-16-8-4-3-5-9-16)12-13-19-18(20(24)15-21(19)25)10-6-1-2-7-11-22(26)27/h1,3-6,8-9,12-13,17-19,21,23,25H,2,7,10-11,14-15H2,(H,26,27)/b6-1-,13-12?/t17-,18-,19-,21-/m1/s1. The summed E-state index contributed by atoms with van der Waals surface area (Å²) in [5.41, 5.74) is 1.03. The lowest BCUT2D eigenvalue weighted by molar-refractivity contribution is -0.137. The first kappa shape index (κ1) is 21.1. The number of aliphatic carboxylic acids is 1. The molecule has 1 saturated carbocycles. The Morgan fingerprint density at radius 2 is 1.96 bits per heavy atom. The van der Waals surface area contributed by atoms with Gasteiger partial charge in [0.2, 0.25) is 0 Å². The topological polar surface area (TPSA) is 94.8 Å². The van der Waals surface area contributed by atoms with Crippen LogP contribution in [0.15, 0.2) is 54.6 Å². The number of allylic oxidation sites excluding steroid dienone is 2. The van der Waals surface area contributed by atoms with Gasteiger partial charge in [-0.15, -0.1) is 0 Å². The fraction of sp³-hybridized carbons (Fsp3) is 0.455. The molecule has 5 nitrogen and oxygen atoms in total. The van der Waals surface area contributed by atoms with Crippen molar-refractivity contribution in [2.75, 3.05) is 0 Å². The molecule has 0 heterocycles. The third kappa shape index (κ3) is 7.12. The zero-order valence-electron chi connectivity index (χ0n) is 15.4. The molecule has 3 N–H and O–H groups in total. The molecule has 0 saturated heterocycles. The Kier molecular flexibility index (Phi) is 8.43. The summed E-state index contributed by atoms with van der Waals surface area (Å²) < 4.78 is 0. The van der Waals surface area contributed by atoms with Crippen LogP contribution in [0.1, 0.15) is 37.7 Å². The largest absolute Gasteiger partial charge is 0.481 e. The SMILES string of the molecule is O=C(O)CCC/C=C\C[C@H]1C(=O)C[C@@H](O)[C@@H]1C=C[C@@H](O)Cc1ccccc1. The van der Waals surface area contributed by atoms with Gasteiger partial charge in [-0.05, 0) is 24.8 Å². The van der Waals surface area contributed by atoms with E-state index in [-0.39, 0.29) is 30.5 Å². The van der Waals surface area contributed by atoms with Crippen LogP contribution in [-0.2, 0) is 16.0 Å². The summed E-state index contributed by atoms with van der Waals surface area (Å²) in [5, 5.41) is 29.0. The zero-order chi connectivity index (χ0) is 19.6. The molecule has 4 atom stereocenters.